The lowest BCUT2D eigenvalue weighted by Gasteiger charge is -2.18. The summed E-state index contributed by atoms with van der Waals surface area (Å²) in [4.78, 5) is 28.8. The van der Waals surface area contributed by atoms with E-state index in [1.807, 2.05) is 30.3 Å². The molecule has 0 spiro atoms. The van der Waals surface area contributed by atoms with E-state index in [0.717, 1.165) is 10.1 Å². The third-order valence-corrected chi connectivity index (χ3v) is 5.26. The number of benzene rings is 2. The van der Waals surface area contributed by atoms with Crippen LogP contribution in [-0.2, 0) is 14.3 Å². The zero-order chi connectivity index (χ0) is 22.6. The van der Waals surface area contributed by atoms with Gasteiger partial charge in [0.1, 0.15) is 17.2 Å². The molecule has 2 N–H and O–H groups in total. The number of methoxy groups -OCH3 is 1. The minimum atomic E-state index is -0.923. The van der Waals surface area contributed by atoms with Gasteiger partial charge in [-0.1, -0.05) is 36.4 Å². The summed E-state index contributed by atoms with van der Waals surface area (Å²) in [6.07, 6.45) is -1.68. The van der Waals surface area contributed by atoms with Crippen LogP contribution in [0.3, 0.4) is 0 Å². The van der Waals surface area contributed by atoms with E-state index in [1.54, 1.807) is 45.0 Å². The van der Waals surface area contributed by atoms with Crippen molar-refractivity contribution in [1.82, 2.24) is 0 Å². The van der Waals surface area contributed by atoms with Crippen molar-refractivity contribution in [2.45, 2.75) is 32.5 Å². The second-order valence-corrected chi connectivity index (χ2v) is 8.77. The summed E-state index contributed by atoms with van der Waals surface area (Å²) in [5, 5.41) is 0.745. The Labute approximate surface area is 184 Å². The highest BCUT2D eigenvalue weighted by Crippen LogP contribution is 2.35. The van der Waals surface area contributed by atoms with Crippen molar-refractivity contribution in [3.63, 3.8) is 0 Å². The fraction of sp³-hybridized carbons (Fsp3) is 0.261. The number of rotatable bonds is 5. The van der Waals surface area contributed by atoms with Crippen LogP contribution in [0, 0.1) is 0 Å². The van der Waals surface area contributed by atoms with Crippen LogP contribution >= 0.6 is 11.3 Å². The monoisotopic (exact) mass is 440 g/mol. The Morgan fingerprint density at radius 2 is 1.77 bits per heavy atom. The lowest BCUT2D eigenvalue weighted by atomic mass is 10.1. The van der Waals surface area contributed by atoms with E-state index in [4.69, 9.17) is 19.9 Å². The molecule has 0 aliphatic carbocycles. The van der Waals surface area contributed by atoms with Gasteiger partial charge in [0.25, 0.3) is 0 Å². The molecule has 1 amide bonds. The first kappa shape index (κ1) is 22.3. The summed E-state index contributed by atoms with van der Waals surface area (Å²) >= 11 is 1.36. The van der Waals surface area contributed by atoms with Gasteiger partial charge in [0.2, 0.25) is 6.10 Å². The van der Waals surface area contributed by atoms with Gasteiger partial charge in [-0.2, -0.15) is 4.99 Å². The topological polar surface area (TPSA) is 100 Å². The Kier molecular flexibility index (Phi) is 6.60. The molecule has 3 rings (SSSR count). The van der Waals surface area contributed by atoms with Gasteiger partial charge in [0.05, 0.1) is 12.0 Å². The van der Waals surface area contributed by atoms with Gasteiger partial charge in [0.15, 0.2) is 0 Å². The van der Waals surface area contributed by atoms with E-state index in [9.17, 15) is 9.59 Å². The highest BCUT2D eigenvalue weighted by Gasteiger charge is 2.25. The first-order chi connectivity index (χ1) is 14.7. The molecule has 7 nitrogen and oxygen atoms in total. The maximum atomic E-state index is 12.4. The maximum absolute atomic E-state index is 12.4. The van der Waals surface area contributed by atoms with E-state index in [1.165, 1.54) is 18.4 Å². The fourth-order valence-electron chi connectivity index (χ4n) is 2.82. The average Bonchev–Trinajstić information content (AvgIpc) is 3.16. The molecule has 8 heteroatoms. The van der Waals surface area contributed by atoms with E-state index in [-0.39, 0.29) is 5.84 Å². The number of carbonyl (C=O) groups is 2. The van der Waals surface area contributed by atoms with Crippen LogP contribution in [0.1, 0.15) is 37.3 Å². The third-order valence-electron chi connectivity index (χ3n) is 4.14. The van der Waals surface area contributed by atoms with Crippen LogP contribution in [0.25, 0.3) is 10.1 Å². The van der Waals surface area contributed by atoms with Gasteiger partial charge in [-0.25, -0.2) is 9.59 Å². The number of aliphatic imine (C=N–C) groups is 1. The molecule has 1 atom stereocenters. The van der Waals surface area contributed by atoms with Crippen LogP contribution in [0.5, 0.6) is 5.75 Å². The highest BCUT2D eigenvalue weighted by atomic mass is 32.1. The number of ether oxygens (including phenoxy) is 3. The standard InChI is InChI=1S/C23H24N2O5S/c1-23(2,3)30-22(27)25-20(24)18-13-15-16(11-8-12-17(15)31-18)29-19(21(26)28-4)14-9-6-5-7-10-14/h5-13,19H,1-4H3,(H2,24,25,27). The zero-order valence-electron chi connectivity index (χ0n) is 17.7. The molecule has 0 radical (unpaired) electrons. The number of amides is 1. The molecule has 31 heavy (non-hydrogen) atoms. The van der Waals surface area contributed by atoms with Crippen molar-refractivity contribution in [3.8, 4) is 5.75 Å². The number of thiophene rings is 1. The van der Waals surface area contributed by atoms with E-state index >= 15 is 0 Å². The number of amidine groups is 1. The summed E-state index contributed by atoms with van der Waals surface area (Å²) in [5.41, 5.74) is 6.05. The molecule has 0 aliphatic heterocycles. The van der Waals surface area contributed by atoms with Crippen LogP contribution < -0.4 is 10.5 Å². The molecule has 1 heterocycles. The molecule has 162 valence electrons. The molecular formula is C23H24N2O5S. The lowest BCUT2D eigenvalue weighted by molar-refractivity contribution is -0.149. The Balaban J connectivity index is 1.93. The lowest BCUT2D eigenvalue weighted by Crippen LogP contribution is -2.24. The molecule has 0 aliphatic rings. The van der Waals surface area contributed by atoms with Gasteiger partial charge >= 0.3 is 12.1 Å². The van der Waals surface area contributed by atoms with Crippen molar-refractivity contribution in [1.29, 1.82) is 0 Å². The van der Waals surface area contributed by atoms with Gasteiger partial charge in [0, 0.05) is 15.6 Å². The number of nitrogens with zero attached hydrogens (tertiary/aromatic N) is 1. The largest absolute Gasteiger partial charge is 0.473 e. The van der Waals surface area contributed by atoms with Crippen LogP contribution in [0.15, 0.2) is 59.6 Å². The summed E-state index contributed by atoms with van der Waals surface area (Å²) < 4.78 is 17.0. The Morgan fingerprint density at radius 3 is 2.42 bits per heavy atom. The summed E-state index contributed by atoms with van der Waals surface area (Å²) in [7, 11) is 1.32. The first-order valence-electron chi connectivity index (χ1n) is 9.57. The van der Waals surface area contributed by atoms with E-state index < -0.39 is 23.8 Å². The summed E-state index contributed by atoms with van der Waals surface area (Å²) in [6.45, 7) is 5.26. The predicted molar refractivity (Wildman–Crippen MR) is 121 cm³/mol. The van der Waals surface area contributed by atoms with E-state index in [2.05, 4.69) is 4.99 Å². The molecule has 0 fully saturated rings. The summed E-state index contributed by atoms with van der Waals surface area (Å²) in [5.74, 6) is 0.0305. The molecular weight excluding hydrogens is 416 g/mol. The molecule has 1 unspecified atom stereocenters. The normalized spacial score (nSPS) is 13.0. The van der Waals surface area contributed by atoms with E-state index in [0.29, 0.717) is 16.2 Å². The second-order valence-electron chi connectivity index (χ2n) is 7.69. The first-order valence-corrected chi connectivity index (χ1v) is 10.4. The number of hydrogen-bond acceptors (Lipinski definition) is 6. The third kappa shape index (κ3) is 5.61. The number of nitrogens with two attached hydrogens (primary N) is 1. The molecule has 0 saturated carbocycles. The van der Waals surface area contributed by atoms with Crippen LogP contribution in [-0.4, -0.2) is 30.6 Å². The molecule has 0 bridgehead atoms. The number of fused-ring (bicyclic) bond motifs is 1. The van der Waals surface area contributed by atoms with Crippen molar-refractivity contribution in [3.05, 3.63) is 65.0 Å². The van der Waals surface area contributed by atoms with Crippen molar-refractivity contribution < 1.29 is 23.8 Å². The average molecular weight is 441 g/mol. The quantitative estimate of drug-likeness (QED) is 0.346. The Bertz CT molecular complexity index is 1120. The zero-order valence-corrected chi connectivity index (χ0v) is 18.6. The minimum absolute atomic E-state index is 0.0500. The molecule has 0 saturated heterocycles. The predicted octanol–water partition coefficient (Wildman–Crippen LogP) is 4.83. The smallest absolute Gasteiger partial charge is 0.436 e. The molecule has 1 aromatic heterocycles. The van der Waals surface area contributed by atoms with Crippen LogP contribution in [0.2, 0.25) is 0 Å². The SMILES string of the molecule is COC(=O)C(Oc1cccc2sc(/C(N)=N/C(=O)OC(C)(C)C)cc12)c1ccccc1. The Hall–Kier alpha value is -3.39. The van der Waals surface area contributed by atoms with Crippen molar-refractivity contribution in [2.24, 2.45) is 10.7 Å². The number of esters is 1. The van der Waals surface area contributed by atoms with Crippen molar-refractivity contribution in [2.75, 3.05) is 7.11 Å². The maximum Gasteiger partial charge on any atom is 0.436 e. The Morgan fingerprint density at radius 1 is 1.06 bits per heavy atom. The van der Waals surface area contributed by atoms with Gasteiger partial charge in [-0.15, -0.1) is 11.3 Å². The molecule has 3 aromatic rings. The second kappa shape index (κ2) is 9.18. The van der Waals surface area contributed by atoms with Gasteiger partial charge in [-0.05, 0) is 39.0 Å². The minimum Gasteiger partial charge on any atom is -0.473 e. The number of hydrogen-bond donors (Lipinski definition) is 1. The highest BCUT2D eigenvalue weighted by molar-refractivity contribution is 7.21. The number of carbonyl (C=O) groups excluding carboxylic acids is 2. The molecule has 2 aromatic carbocycles. The van der Waals surface area contributed by atoms with Gasteiger partial charge in [-0.3, -0.25) is 0 Å². The van der Waals surface area contributed by atoms with Crippen molar-refractivity contribution >= 4 is 39.3 Å². The van der Waals surface area contributed by atoms with Crippen LogP contribution in [0.4, 0.5) is 4.79 Å². The fourth-order valence-corrected chi connectivity index (χ4v) is 3.80. The van der Waals surface area contributed by atoms with Gasteiger partial charge < -0.3 is 19.9 Å². The summed E-state index contributed by atoms with van der Waals surface area (Å²) in [6, 6.07) is 16.4.